The zero-order chi connectivity index (χ0) is 13.2. The molecule has 2 atom stereocenters. The number of benzene rings is 2. The van der Waals surface area contributed by atoms with Gasteiger partial charge in [-0.2, -0.15) is 0 Å². The maximum absolute atomic E-state index is 2.47. The van der Waals surface area contributed by atoms with Crippen LogP contribution in [0, 0.1) is 11.8 Å². The van der Waals surface area contributed by atoms with E-state index in [0.29, 0.717) is 5.92 Å². The number of rotatable bonds is 3. The molecule has 0 heterocycles. The Hall–Kier alpha value is -1.82. The number of allylic oxidation sites excluding steroid dienone is 2. The first kappa shape index (κ1) is 12.2. The van der Waals surface area contributed by atoms with Crippen molar-refractivity contribution in [2.75, 3.05) is 0 Å². The summed E-state index contributed by atoms with van der Waals surface area (Å²) in [5.74, 6) is 1.91. The van der Waals surface area contributed by atoms with E-state index >= 15 is 0 Å². The van der Waals surface area contributed by atoms with Crippen LogP contribution < -0.4 is 0 Å². The van der Waals surface area contributed by atoms with E-state index in [1.54, 1.807) is 5.57 Å². The van der Waals surface area contributed by atoms with Crippen LogP contribution in [0.25, 0.3) is 0 Å². The lowest BCUT2D eigenvalue weighted by Gasteiger charge is -2.14. The fraction of sp³-hybridized carbons (Fsp3) is 0.263. The third kappa shape index (κ3) is 2.49. The average Bonchev–Trinajstić information content (AvgIpc) is 3.04. The van der Waals surface area contributed by atoms with Crippen molar-refractivity contribution >= 4 is 0 Å². The van der Waals surface area contributed by atoms with E-state index in [-0.39, 0.29) is 0 Å². The third-order valence-corrected chi connectivity index (χ3v) is 4.37. The summed E-state index contributed by atoms with van der Waals surface area (Å²) in [4.78, 5) is 0. The minimum Gasteiger partial charge on any atom is -0.0729 e. The molecule has 0 radical (unpaired) electrons. The van der Waals surface area contributed by atoms with Crippen molar-refractivity contribution in [2.24, 2.45) is 11.8 Å². The summed E-state index contributed by atoms with van der Waals surface area (Å²) in [6.45, 7) is 4.65. The molecule has 3 rings (SSSR count). The van der Waals surface area contributed by atoms with Crippen LogP contribution in [0.2, 0.25) is 0 Å². The van der Waals surface area contributed by atoms with Gasteiger partial charge in [-0.15, -0.1) is 0 Å². The Morgan fingerprint density at radius 1 is 0.737 bits per heavy atom. The van der Waals surface area contributed by atoms with Crippen molar-refractivity contribution in [3.63, 3.8) is 0 Å². The van der Waals surface area contributed by atoms with Crippen molar-refractivity contribution in [2.45, 2.75) is 19.8 Å². The predicted molar refractivity (Wildman–Crippen MR) is 81.1 cm³/mol. The smallest absolute Gasteiger partial charge is 0.0272 e. The lowest BCUT2D eigenvalue weighted by atomic mass is 9.90. The summed E-state index contributed by atoms with van der Waals surface area (Å²) in [6.07, 6.45) is 2.47. The molecule has 0 aliphatic heterocycles. The molecule has 0 spiro atoms. The Balaban J connectivity index is 2.00. The first-order valence-electron chi connectivity index (χ1n) is 7.09. The Kier molecular flexibility index (Phi) is 3.25. The van der Waals surface area contributed by atoms with Crippen LogP contribution in [0.3, 0.4) is 0 Å². The van der Waals surface area contributed by atoms with Crippen LogP contribution in [0.4, 0.5) is 0 Å². The SMILES string of the molecule is C[C@@H]1C(=CC(c2ccccc2)c2ccccc2)[C@H]1C. The van der Waals surface area contributed by atoms with Gasteiger partial charge in [0.2, 0.25) is 0 Å². The average molecular weight is 248 g/mol. The van der Waals surface area contributed by atoms with Crippen LogP contribution in [0.15, 0.2) is 72.3 Å². The van der Waals surface area contributed by atoms with Gasteiger partial charge in [0.05, 0.1) is 0 Å². The fourth-order valence-corrected chi connectivity index (χ4v) is 2.80. The Bertz CT molecular complexity index is 516. The topological polar surface area (TPSA) is 0 Å². The van der Waals surface area contributed by atoms with Crippen molar-refractivity contribution in [3.8, 4) is 0 Å². The second kappa shape index (κ2) is 5.05. The van der Waals surface area contributed by atoms with Crippen LogP contribution in [0.1, 0.15) is 30.9 Å². The van der Waals surface area contributed by atoms with Gasteiger partial charge in [0.1, 0.15) is 0 Å². The van der Waals surface area contributed by atoms with Gasteiger partial charge in [0, 0.05) is 5.92 Å². The van der Waals surface area contributed by atoms with Crippen molar-refractivity contribution < 1.29 is 0 Å². The van der Waals surface area contributed by atoms with E-state index < -0.39 is 0 Å². The molecule has 1 aliphatic rings. The standard InChI is InChI=1S/C19H20/c1-14-15(2)18(14)13-19(16-9-5-3-6-10-16)17-11-7-4-8-12-17/h3-15,19H,1-2H3/t14-,15-/m0/s1. The highest BCUT2D eigenvalue weighted by Gasteiger charge is 2.36. The highest BCUT2D eigenvalue weighted by Crippen LogP contribution is 2.47. The monoisotopic (exact) mass is 248 g/mol. The second-order valence-corrected chi connectivity index (χ2v) is 5.54. The number of hydrogen-bond donors (Lipinski definition) is 0. The molecular weight excluding hydrogens is 228 g/mol. The van der Waals surface area contributed by atoms with Gasteiger partial charge in [-0.3, -0.25) is 0 Å². The molecule has 19 heavy (non-hydrogen) atoms. The van der Waals surface area contributed by atoms with Gasteiger partial charge >= 0.3 is 0 Å². The molecule has 0 unspecified atom stereocenters. The van der Waals surface area contributed by atoms with Crippen LogP contribution >= 0.6 is 0 Å². The van der Waals surface area contributed by atoms with Gasteiger partial charge in [-0.25, -0.2) is 0 Å². The molecular formula is C19H20. The molecule has 2 aromatic carbocycles. The Morgan fingerprint density at radius 2 is 1.16 bits per heavy atom. The highest BCUT2D eigenvalue weighted by atomic mass is 14.4. The fourth-order valence-electron chi connectivity index (χ4n) is 2.80. The maximum Gasteiger partial charge on any atom is 0.0272 e. The molecule has 0 bridgehead atoms. The second-order valence-electron chi connectivity index (χ2n) is 5.54. The summed E-state index contributed by atoms with van der Waals surface area (Å²) in [7, 11) is 0. The molecule has 1 fully saturated rings. The molecule has 0 saturated heterocycles. The molecule has 96 valence electrons. The van der Waals surface area contributed by atoms with E-state index in [1.165, 1.54) is 11.1 Å². The molecule has 1 saturated carbocycles. The largest absolute Gasteiger partial charge is 0.0729 e. The molecule has 0 nitrogen and oxygen atoms in total. The predicted octanol–water partition coefficient (Wildman–Crippen LogP) is 5.03. The summed E-state index contributed by atoms with van der Waals surface area (Å²) in [5.41, 5.74) is 4.37. The van der Waals surface area contributed by atoms with Gasteiger partial charge in [0.15, 0.2) is 0 Å². The molecule has 0 N–H and O–H groups in total. The normalized spacial score (nSPS) is 21.5. The molecule has 1 aliphatic carbocycles. The summed E-state index contributed by atoms with van der Waals surface area (Å²) in [5, 5.41) is 0. The first-order valence-corrected chi connectivity index (χ1v) is 7.09. The van der Waals surface area contributed by atoms with Gasteiger partial charge < -0.3 is 0 Å². The zero-order valence-corrected chi connectivity index (χ0v) is 11.6. The molecule has 0 heteroatoms. The van der Waals surface area contributed by atoms with Crippen LogP contribution in [0.5, 0.6) is 0 Å². The first-order chi connectivity index (χ1) is 9.27. The molecule has 0 aromatic heterocycles. The quantitative estimate of drug-likeness (QED) is 0.668. The lowest BCUT2D eigenvalue weighted by Crippen LogP contribution is -1.97. The maximum atomic E-state index is 2.47. The van der Waals surface area contributed by atoms with Gasteiger partial charge in [0.25, 0.3) is 0 Å². The van der Waals surface area contributed by atoms with Crippen molar-refractivity contribution in [1.82, 2.24) is 0 Å². The Labute approximate surface area is 115 Å². The van der Waals surface area contributed by atoms with E-state index in [0.717, 1.165) is 11.8 Å². The highest BCUT2D eigenvalue weighted by molar-refractivity contribution is 5.41. The van der Waals surface area contributed by atoms with Crippen LogP contribution in [-0.2, 0) is 0 Å². The number of hydrogen-bond acceptors (Lipinski definition) is 0. The third-order valence-electron chi connectivity index (χ3n) is 4.37. The zero-order valence-electron chi connectivity index (χ0n) is 11.6. The van der Waals surface area contributed by atoms with E-state index in [2.05, 4.69) is 80.6 Å². The Morgan fingerprint density at radius 3 is 1.53 bits per heavy atom. The van der Waals surface area contributed by atoms with Crippen molar-refractivity contribution in [3.05, 3.63) is 83.4 Å². The van der Waals surface area contributed by atoms with E-state index in [9.17, 15) is 0 Å². The van der Waals surface area contributed by atoms with Gasteiger partial charge in [-0.1, -0.05) is 86.2 Å². The lowest BCUT2D eigenvalue weighted by molar-refractivity contribution is 0.834. The molecule has 2 aromatic rings. The van der Waals surface area contributed by atoms with E-state index in [1.807, 2.05) is 0 Å². The van der Waals surface area contributed by atoms with E-state index in [4.69, 9.17) is 0 Å². The summed E-state index contributed by atoms with van der Waals surface area (Å²) in [6, 6.07) is 21.6. The van der Waals surface area contributed by atoms with Crippen molar-refractivity contribution in [1.29, 1.82) is 0 Å². The minimum absolute atomic E-state index is 0.393. The summed E-state index contributed by atoms with van der Waals surface area (Å²) >= 11 is 0. The summed E-state index contributed by atoms with van der Waals surface area (Å²) < 4.78 is 0. The molecule has 0 amide bonds. The van der Waals surface area contributed by atoms with Gasteiger partial charge in [-0.05, 0) is 23.0 Å². The van der Waals surface area contributed by atoms with Crippen LogP contribution in [-0.4, -0.2) is 0 Å². The minimum atomic E-state index is 0.393.